The Kier molecular flexibility index (Phi) is 15.5. The molecule has 0 fully saturated rings. The zero-order valence-corrected chi connectivity index (χ0v) is 23.4. The predicted molar refractivity (Wildman–Crippen MR) is 160 cm³/mol. The minimum atomic E-state index is -0.743. The van der Waals surface area contributed by atoms with E-state index in [1.807, 2.05) is 42.5 Å². The van der Waals surface area contributed by atoms with Gasteiger partial charge in [-0.05, 0) is 61.7 Å². The molecule has 8 heteroatoms. The van der Waals surface area contributed by atoms with Crippen LogP contribution in [0.2, 0.25) is 0 Å². The third-order valence-electron chi connectivity index (χ3n) is 6.06. The van der Waals surface area contributed by atoms with Crippen molar-refractivity contribution in [3.63, 3.8) is 0 Å². The molecule has 3 aromatic carbocycles. The Morgan fingerprint density at radius 3 is 2.05 bits per heavy atom. The first-order valence-electron chi connectivity index (χ1n) is 13.0. The van der Waals surface area contributed by atoms with Gasteiger partial charge in [-0.3, -0.25) is 0 Å². The van der Waals surface area contributed by atoms with E-state index in [0.29, 0.717) is 6.79 Å². The second kappa shape index (κ2) is 18.0. The average Bonchev–Trinajstić information content (AvgIpc) is 3.37. The zero-order valence-electron chi connectivity index (χ0n) is 21.7. The van der Waals surface area contributed by atoms with Crippen molar-refractivity contribution >= 4 is 52.5 Å². The van der Waals surface area contributed by atoms with Crippen LogP contribution in [0.3, 0.4) is 0 Å². The molecule has 1 aliphatic heterocycles. The average molecular weight is 567 g/mol. The van der Waals surface area contributed by atoms with Gasteiger partial charge < -0.3 is 24.2 Å². The molecular formula is C30H39NaO5S2. The Bertz CT molecular complexity index is 1050. The fourth-order valence-electron chi connectivity index (χ4n) is 3.92. The Morgan fingerprint density at radius 2 is 1.42 bits per heavy atom. The maximum atomic E-state index is 12.3. The van der Waals surface area contributed by atoms with Gasteiger partial charge in [0.25, 0.3) is 0 Å². The molecule has 0 radical (unpaired) electrons. The van der Waals surface area contributed by atoms with Crippen molar-refractivity contribution in [2.45, 2.75) is 73.8 Å². The Balaban J connectivity index is 0.000000277. The van der Waals surface area contributed by atoms with Gasteiger partial charge in [-0.1, -0.05) is 85.9 Å². The summed E-state index contributed by atoms with van der Waals surface area (Å²) >= 11 is 0.598. The first-order valence-corrected chi connectivity index (χ1v) is 15.2. The van der Waals surface area contributed by atoms with Crippen molar-refractivity contribution in [3.8, 4) is 23.0 Å². The van der Waals surface area contributed by atoms with Gasteiger partial charge in [-0.15, -0.1) is 0 Å². The number of rotatable bonds is 12. The van der Waals surface area contributed by atoms with E-state index in [2.05, 4.69) is 13.8 Å². The molecule has 3 aromatic rings. The summed E-state index contributed by atoms with van der Waals surface area (Å²) in [5.41, 5.74) is 1.17. The van der Waals surface area contributed by atoms with Crippen LogP contribution in [0.5, 0.6) is 23.0 Å². The predicted octanol–water partition coefficient (Wildman–Crippen LogP) is 7.06. The third-order valence-corrected chi connectivity index (χ3v) is 8.94. The van der Waals surface area contributed by atoms with E-state index in [0.717, 1.165) is 39.9 Å². The summed E-state index contributed by atoms with van der Waals surface area (Å²) in [6, 6.07) is 20.1. The number of fused-ring (bicyclic) bond motifs is 1. The first-order chi connectivity index (χ1) is 18.0. The summed E-state index contributed by atoms with van der Waals surface area (Å²) in [7, 11) is 0. The second-order valence-corrected chi connectivity index (χ2v) is 12.2. The fraction of sp³-hybridized carbons (Fsp3) is 0.400. The van der Waals surface area contributed by atoms with Crippen LogP contribution in [0.4, 0.5) is 0 Å². The zero-order chi connectivity index (χ0) is 26.5. The van der Waals surface area contributed by atoms with Crippen LogP contribution in [0.1, 0.15) is 57.9 Å². The molecular weight excluding hydrogens is 527 g/mol. The molecule has 5 nitrogen and oxygen atoms in total. The molecule has 38 heavy (non-hydrogen) atoms. The maximum absolute atomic E-state index is 12.3. The topological polar surface area (TPSA) is 82.0 Å². The fourth-order valence-corrected chi connectivity index (χ4v) is 6.07. The number of benzene rings is 3. The molecule has 0 saturated carbocycles. The molecule has 0 saturated heterocycles. The van der Waals surface area contributed by atoms with Gasteiger partial charge in [0.2, 0.25) is 6.79 Å². The number of phenols is 2. The van der Waals surface area contributed by atoms with E-state index in [4.69, 9.17) is 9.47 Å². The van der Waals surface area contributed by atoms with Crippen LogP contribution in [-0.2, 0) is 17.6 Å². The molecule has 1 aliphatic rings. The van der Waals surface area contributed by atoms with Crippen LogP contribution < -0.4 is 9.47 Å². The normalized spacial score (nSPS) is 13.1. The first kappa shape index (κ1) is 32.7. The van der Waals surface area contributed by atoms with Crippen molar-refractivity contribution in [2.24, 2.45) is 0 Å². The molecule has 0 amide bonds. The van der Waals surface area contributed by atoms with Gasteiger partial charge >= 0.3 is 29.6 Å². The molecule has 0 aromatic heterocycles. The van der Waals surface area contributed by atoms with Crippen molar-refractivity contribution in [1.82, 2.24) is 0 Å². The molecule has 2 unspecified atom stereocenters. The molecule has 0 aliphatic carbocycles. The van der Waals surface area contributed by atoms with Gasteiger partial charge in [0.05, 0.1) is 9.79 Å². The summed E-state index contributed by atoms with van der Waals surface area (Å²) in [6.07, 6.45) is 8.32. The molecule has 1 heterocycles. The van der Waals surface area contributed by atoms with Gasteiger partial charge in [0.15, 0.2) is 11.5 Å². The number of aromatic hydroxyl groups is 2. The van der Waals surface area contributed by atoms with Gasteiger partial charge in [0, 0.05) is 6.42 Å². The number of hydrogen-bond donors (Lipinski definition) is 2. The van der Waals surface area contributed by atoms with Crippen molar-refractivity contribution in [2.75, 3.05) is 12.5 Å². The van der Waals surface area contributed by atoms with Crippen LogP contribution >= 0.6 is 11.8 Å². The molecule has 4 rings (SSSR count). The molecule has 2 N–H and O–H groups in total. The molecule has 2 atom stereocenters. The van der Waals surface area contributed by atoms with Crippen LogP contribution in [0.25, 0.3) is 0 Å². The van der Waals surface area contributed by atoms with Gasteiger partial charge in [0.1, 0.15) is 22.5 Å². The summed E-state index contributed by atoms with van der Waals surface area (Å²) in [6.45, 7) is 4.61. The van der Waals surface area contributed by atoms with Gasteiger partial charge in [-0.2, -0.15) is 0 Å². The quantitative estimate of drug-likeness (QED) is 0.139. The summed E-state index contributed by atoms with van der Waals surface area (Å²) in [5.74, 6) is 2.91. The van der Waals surface area contributed by atoms with E-state index < -0.39 is 11.2 Å². The summed E-state index contributed by atoms with van der Waals surface area (Å²) in [5, 5.41) is 19.3. The van der Waals surface area contributed by atoms with E-state index in [1.165, 1.54) is 49.4 Å². The molecule has 0 bridgehead atoms. The molecule has 202 valence electrons. The van der Waals surface area contributed by atoms with Crippen LogP contribution in [0, 0.1) is 0 Å². The Morgan fingerprint density at radius 1 is 0.842 bits per heavy atom. The monoisotopic (exact) mass is 566 g/mol. The standard InChI is InChI=1S/C18H28O3S.C12H10O2S.Na.H/c1-3-4-5-6-7-8-11-22(19)15(2)12-16-9-10-17-18(13-16)21-14-20-17;13-9-5-1-3-7-11(9)15-12-8-4-2-6-10(12)14;;/h9-10,13,15H,3-8,11-12,14H2,1-2H3;1-8,13-14H;;. The summed E-state index contributed by atoms with van der Waals surface area (Å²) < 4.78 is 23.0. The van der Waals surface area contributed by atoms with E-state index in [9.17, 15) is 14.8 Å². The number of unbranched alkanes of at least 4 members (excludes halogenated alkanes) is 5. The van der Waals surface area contributed by atoms with Crippen LogP contribution in [-0.4, -0.2) is 62.1 Å². The van der Waals surface area contributed by atoms with E-state index >= 15 is 0 Å². The Labute approximate surface area is 256 Å². The number of para-hydroxylation sites is 2. The Hall–Kier alpha value is -1.48. The van der Waals surface area contributed by atoms with Crippen LogP contribution in [0.15, 0.2) is 76.5 Å². The van der Waals surface area contributed by atoms with Crippen molar-refractivity contribution in [1.29, 1.82) is 0 Å². The SMILES string of the molecule is CCCCCCCC[S+]([O-])C(C)Cc1ccc2c(c1)OCO2.Oc1ccccc1Sc1ccccc1O.[NaH]. The van der Waals surface area contributed by atoms with Gasteiger partial charge in [-0.25, -0.2) is 0 Å². The second-order valence-electron chi connectivity index (χ2n) is 9.09. The van der Waals surface area contributed by atoms with E-state index in [1.54, 1.807) is 24.3 Å². The van der Waals surface area contributed by atoms with E-state index in [-0.39, 0.29) is 46.3 Å². The van der Waals surface area contributed by atoms with Crippen molar-refractivity contribution in [3.05, 3.63) is 72.3 Å². The number of hydrogen-bond acceptors (Lipinski definition) is 6. The minimum absolute atomic E-state index is 0. The number of phenolic OH excluding ortho intramolecular Hbond substituents is 2. The van der Waals surface area contributed by atoms with Crippen molar-refractivity contribution < 1.29 is 24.2 Å². The summed E-state index contributed by atoms with van der Waals surface area (Å²) in [4.78, 5) is 1.47. The third kappa shape index (κ3) is 10.9. The number of ether oxygens (including phenoxy) is 2. The molecule has 0 spiro atoms.